The number of aliphatic carboxylic acids is 1. The monoisotopic (exact) mass is 302 g/mol. The second-order valence-corrected chi connectivity index (χ2v) is 4.17. The van der Waals surface area contributed by atoms with Crippen LogP contribution in [0.5, 0.6) is 0 Å². The maximum Gasteiger partial charge on any atom is 0.326 e. The number of carboxylic acids is 1. The van der Waals surface area contributed by atoms with Gasteiger partial charge in [-0.15, -0.1) is 0 Å². The predicted octanol–water partition coefficient (Wildman–Crippen LogP) is 0.814. The van der Waals surface area contributed by atoms with Gasteiger partial charge in [-0.05, 0) is 6.07 Å². The minimum atomic E-state index is -1.36. The molecule has 0 bridgehead atoms. The lowest BCUT2D eigenvalue weighted by molar-refractivity contribution is -0.385. The average molecular weight is 303 g/mol. The number of benzene rings is 1. The highest BCUT2D eigenvalue weighted by molar-refractivity contribution is 6.34. The molecule has 0 aliphatic rings. The Morgan fingerprint density at radius 1 is 1.45 bits per heavy atom. The number of hydrogen-bond donors (Lipinski definition) is 3. The van der Waals surface area contributed by atoms with Crippen LogP contribution in [0.3, 0.4) is 0 Å². The lowest BCUT2D eigenvalue weighted by Crippen LogP contribution is -2.41. The summed E-state index contributed by atoms with van der Waals surface area (Å²) in [4.78, 5) is 32.8. The average Bonchev–Trinajstić information content (AvgIpc) is 2.37. The Kier molecular flexibility index (Phi) is 5.42. The Morgan fingerprint density at radius 3 is 2.60 bits per heavy atom. The number of amides is 1. The molecule has 1 unspecified atom stereocenters. The molecule has 1 atom stereocenters. The van der Waals surface area contributed by atoms with Gasteiger partial charge in [-0.3, -0.25) is 14.9 Å². The SMILES string of the molecule is O=C(NC(CCO)C(=O)O)c1c(Cl)cccc1[N+](=O)[O-]. The molecular formula is C11H11ClN2O6. The second kappa shape index (κ2) is 6.83. The van der Waals surface area contributed by atoms with Crippen molar-refractivity contribution in [2.75, 3.05) is 6.61 Å². The number of nitrogens with zero attached hydrogens (tertiary/aromatic N) is 1. The van der Waals surface area contributed by atoms with Crippen LogP contribution in [0.25, 0.3) is 0 Å². The third kappa shape index (κ3) is 3.65. The molecule has 1 aromatic carbocycles. The van der Waals surface area contributed by atoms with Crippen molar-refractivity contribution >= 4 is 29.2 Å². The highest BCUT2D eigenvalue weighted by Gasteiger charge is 2.27. The molecule has 0 aliphatic carbocycles. The van der Waals surface area contributed by atoms with Crippen LogP contribution >= 0.6 is 11.6 Å². The van der Waals surface area contributed by atoms with Gasteiger partial charge < -0.3 is 15.5 Å². The maximum atomic E-state index is 11.9. The molecule has 0 aromatic heterocycles. The Hall–Kier alpha value is -2.19. The van der Waals surface area contributed by atoms with Gasteiger partial charge in [0, 0.05) is 19.1 Å². The Labute approximate surface area is 118 Å². The minimum Gasteiger partial charge on any atom is -0.480 e. The summed E-state index contributed by atoms with van der Waals surface area (Å²) in [6.07, 6.45) is -0.223. The summed E-state index contributed by atoms with van der Waals surface area (Å²) < 4.78 is 0. The molecule has 0 saturated heterocycles. The summed E-state index contributed by atoms with van der Waals surface area (Å²) in [6, 6.07) is 2.32. The van der Waals surface area contributed by atoms with E-state index < -0.39 is 40.7 Å². The van der Waals surface area contributed by atoms with Gasteiger partial charge in [0.05, 0.1) is 9.95 Å². The van der Waals surface area contributed by atoms with Crippen molar-refractivity contribution in [1.82, 2.24) is 5.32 Å². The first-order valence-corrected chi connectivity index (χ1v) is 5.83. The molecule has 0 aliphatic heterocycles. The molecule has 108 valence electrons. The van der Waals surface area contributed by atoms with Gasteiger partial charge in [0.25, 0.3) is 11.6 Å². The summed E-state index contributed by atoms with van der Waals surface area (Å²) in [7, 11) is 0. The molecule has 0 radical (unpaired) electrons. The Balaban J connectivity index is 3.09. The molecule has 20 heavy (non-hydrogen) atoms. The van der Waals surface area contributed by atoms with E-state index in [2.05, 4.69) is 5.32 Å². The van der Waals surface area contributed by atoms with Crippen molar-refractivity contribution in [2.45, 2.75) is 12.5 Å². The number of carboxylic acid groups (broad SMARTS) is 1. The van der Waals surface area contributed by atoms with Crippen LogP contribution in [0.15, 0.2) is 18.2 Å². The molecule has 8 nitrogen and oxygen atoms in total. The zero-order valence-corrected chi connectivity index (χ0v) is 10.8. The van der Waals surface area contributed by atoms with E-state index in [0.29, 0.717) is 0 Å². The zero-order valence-electron chi connectivity index (χ0n) is 10.1. The van der Waals surface area contributed by atoms with Gasteiger partial charge in [0.15, 0.2) is 0 Å². The van der Waals surface area contributed by atoms with Gasteiger partial charge >= 0.3 is 5.97 Å². The molecule has 0 spiro atoms. The van der Waals surface area contributed by atoms with Crippen molar-refractivity contribution < 1.29 is 24.7 Å². The number of nitro benzene ring substituents is 1. The number of rotatable bonds is 6. The summed E-state index contributed by atoms with van der Waals surface area (Å²) in [6.45, 7) is -0.456. The number of nitrogens with one attached hydrogen (secondary N) is 1. The lowest BCUT2D eigenvalue weighted by atomic mass is 10.1. The van der Waals surface area contributed by atoms with Crippen LogP contribution in [-0.4, -0.2) is 39.7 Å². The Morgan fingerprint density at radius 2 is 2.10 bits per heavy atom. The first-order chi connectivity index (χ1) is 9.38. The Bertz CT molecular complexity index is 548. The molecule has 0 heterocycles. The summed E-state index contributed by atoms with van der Waals surface area (Å²) in [5, 5.41) is 30.3. The third-order valence-electron chi connectivity index (χ3n) is 2.44. The van der Waals surface area contributed by atoms with Crippen LogP contribution < -0.4 is 5.32 Å². The van der Waals surface area contributed by atoms with E-state index in [9.17, 15) is 19.7 Å². The standard InChI is InChI=1S/C11H11ClN2O6/c12-6-2-1-3-8(14(19)20)9(6)10(16)13-7(4-5-15)11(17)18/h1-3,7,15H,4-5H2,(H,13,16)(H,17,18). The number of nitro groups is 1. The fourth-order valence-corrected chi connectivity index (χ4v) is 1.76. The van der Waals surface area contributed by atoms with Crippen molar-refractivity contribution in [3.05, 3.63) is 38.9 Å². The van der Waals surface area contributed by atoms with Gasteiger partial charge in [0.1, 0.15) is 11.6 Å². The normalized spacial score (nSPS) is 11.7. The van der Waals surface area contributed by atoms with Gasteiger partial charge in [-0.2, -0.15) is 0 Å². The van der Waals surface area contributed by atoms with Crippen molar-refractivity contribution in [1.29, 1.82) is 0 Å². The van der Waals surface area contributed by atoms with Crippen LogP contribution in [0.1, 0.15) is 16.8 Å². The number of carbonyl (C=O) groups is 2. The fourth-order valence-electron chi connectivity index (χ4n) is 1.51. The molecule has 0 saturated carbocycles. The quantitative estimate of drug-likeness (QED) is 0.526. The fraction of sp³-hybridized carbons (Fsp3) is 0.273. The maximum absolute atomic E-state index is 11.9. The van der Waals surface area contributed by atoms with Crippen LogP contribution in [-0.2, 0) is 4.79 Å². The zero-order chi connectivity index (χ0) is 15.3. The van der Waals surface area contributed by atoms with Crippen molar-refractivity contribution in [3.63, 3.8) is 0 Å². The lowest BCUT2D eigenvalue weighted by Gasteiger charge is -2.13. The van der Waals surface area contributed by atoms with Crippen LogP contribution in [0.2, 0.25) is 5.02 Å². The predicted molar refractivity (Wildman–Crippen MR) is 68.7 cm³/mol. The first-order valence-electron chi connectivity index (χ1n) is 5.46. The highest BCUT2D eigenvalue weighted by atomic mass is 35.5. The highest BCUT2D eigenvalue weighted by Crippen LogP contribution is 2.26. The van der Waals surface area contributed by atoms with Crippen molar-refractivity contribution in [2.24, 2.45) is 0 Å². The van der Waals surface area contributed by atoms with E-state index >= 15 is 0 Å². The number of aliphatic hydroxyl groups is 1. The minimum absolute atomic E-state index is 0.162. The topological polar surface area (TPSA) is 130 Å². The molecule has 0 fully saturated rings. The van der Waals surface area contributed by atoms with E-state index in [1.54, 1.807) is 0 Å². The number of halogens is 1. The summed E-state index contributed by atoms with van der Waals surface area (Å²) >= 11 is 5.75. The second-order valence-electron chi connectivity index (χ2n) is 3.77. The van der Waals surface area contributed by atoms with Crippen LogP contribution in [0.4, 0.5) is 5.69 Å². The van der Waals surface area contributed by atoms with E-state index in [1.807, 2.05) is 0 Å². The summed E-state index contributed by atoms with van der Waals surface area (Å²) in [5.41, 5.74) is -0.938. The largest absolute Gasteiger partial charge is 0.480 e. The number of carbonyl (C=O) groups excluding carboxylic acids is 1. The molecular weight excluding hydrogens is 292 g/mol. The molecule has 1 aromatic rings. The van der Waals surface area contributed by atoms with Crippen LogP contribution in [0, 0.1) is 10.1 Å². The smallest absolute Gasteiger partial charge is 0.326 e. The van der Waals surface area contributed by atoms with Gasteiger partial charge in [0.2, 0.25) is 0 Å². The molecule has 1 amide bonds. The molecule has 9 heteroatoms. The van der Waals surface area contributed by atoms with E-state index in [0.717, 1.165) is 6.07 Å². The number of hydrogen-bond acceptors (Lipinski definition) is 5. The van der Waals surface area contributed by atoms with E-state index in [-0.39, 0.29) is 11.4 Å². The van der Waals surface area contributed by atoms with Crippen molar-refractivity contribution in [3.8, 4) is 0 Å². The third-order valence-corrected chi connectivity index (χ3v) is 2.75. The molecule has 1 rings (SSSR count). The number of aliphatic hydroxyl groups excluding tert-OH is 1. The van der Waals surface area contributed by atoms with E-state index in [1.165, 1.54) is 12.1 Å². The first kappa shape index (κ1) is 15.9. The molecule has 3 N–H and O–H groups in total. The summed E-state index contributed by atoms with van der Waals surface area (Å²) in [5.74, 6) is -2.34. The van der Waals surface area contributed by atoms with E-state index in [4.69, 9.17) is 21.8 Å². The van der Waals surface area contributed by atoms with Gasteiger partial charge in [-0.25, -0.2) is 4.79 Å². The van der Waals surface area contributed by atoms with Gasteiger partial charge in [-0.1, -0.05) is 17.7 Å².